The molecule has 0 saturated carbocycles. The molecule has 98 valence electrons. The second-order valence-corrected chi connectivity index (χ2v) is 4.73. The summed E-state index contributed by atoms with van der Waals surface area (Å²) in [4.78, 5) is 0. The molecule has 0 aliphatic rings. The summed E-state index contributed by atoms with van der Waals surface area (Å²) in [5.74, 6) is 0. The summed E-state index contributed by atoms with van der Waals surface area (Å²) < 4.78 is 5.38. The third-order valence-electron chi connectivity index (χ3n) is 3.28. The lowest BCUT2D eigenvalue weighted by atomic mass is 9.95. The van der Waals surface area contributed by atoms with E-state index in [2.05, 4.69) is 33.0 Å². The summed E-state index contributed by atoms with van der Waals surface area (Å²) in [7, 11) is 0. The molecule has 0 aromatic carbocycles. The van der Waals surface area contributed by atoms with Crippen LogP contribution in [0.15, 0.2) is 0 Å². The van der Waals surface area contributed by atoms with Gasteiger partial charge in [0.1, 0.15) is 0 Å². The maximum absolute atomic E-state index is 9.72. The van der Waals surface area contributed by atoms with Crippen molar-refractivity contribution in [3.8, 4) is 0 Å². The zero-order valence-electron chi connectivity index (χ0n) is 11.4. The maximum atomic E-state index is 9.72. The molecule has 1 atom stereocenters. The predicted octanol–water partition coefficient (Wildman–Crippen LogP) is 2.33. The van der Waals surface area contributed by atoms with Crippen LogP contribution in [-0.4, -0.2) is 36.5 Å². The number of rotatable bonds is 10. The van der Waals surface area contributed by atoms with Crippen LogP contribution in [0.4, 0.5) is 0 Å². The first-order valence-corrected chi connectivity index (χ1v) is 6.58. The minimum Gasteiger partial charge on any atom is -0.389 e. The average Bonchev–Trinajstić information content (AvgIpc) is 2.31. The van der Waals surface area contributed by atoms with Gasteiger partial charge in [-0.1, -0.05) is 27.2 Å². The van der Waals surface area contributed by atoms with E-state index in [1.807, 2.05) is 0 Å². The number of aliphatic hydroxyl groups excluding tert-OH is 1. The van der Waals surface area contributed by atoms with E-state index in [0.29, 0.717) is 13.2 Å². The van der Waals surface area contributed by atoms with E-state index in [1.165, 1.54) is 0 Å². The van der Waals surface area contributed by atoms with Gasteiger partial charge in [0.25, 0.3) is 0 Å². The molecule has 0 saturated heterocycles. The molecule has 3 nitrogen and oxygen atoms in total. The van der Waals surface area contributed by atoms with Crippen LogP contribution in [0.2, 0.25) is 0 Å². The summed E-state index contributed by atoms with van der Waals surface area (Å²) in [6.07, 6.45) is 3.97. The molecule has 0 fully saturated rings. The molecule has 1 unspecified atom stereocenters. The zero-order chi connectivity index (χ0) is 12.4. The van der Waals surface area contributed by atoms with Crippen LogP contribution in [0.1, 0.15) is 53.4 Å². The van der Waals surface area contributed by atoms with Crippen LogP contribution in [0.25, 0.3) is 0 Å². The SMILES string of the molecule is CCCCOCC(O)CNC(C)(CC)CC. The van der Waals surface area contributed by atoms with E-state index >= 15 is 0 Å². The molecular weight excluding hydrogens is 202 g/mol. The van der Waals surface area contributed by atoms with Gasteiger partial charge in [0.15, 0.2) is 0 Å². The van der Waals surface area contributed by atoms with Crippen LogP contribution in [0.5, 0.6) is 0 Å². The van der Waals surface area contributed by atoms with Gasteiger partial charge in [-0.25, -0.2) is 0 Å². The number of ether oxygens (including phenoxy) is 1. The highest BCUT2D eigenvalue weighted by molar-refractivity contribution is 4.80. The van der Waals surface area contributed by atoms with Gasteiger partial charge in [-0.3, -0.25) is 0 Å². The van der Waals surface area contributed by atoms with Crippen molar-refractivity contribution in [1.29, 1.82) is 0 Å². The van der Waals surface area contributed by atoms with E-state index < -0.39 is 6.10 Å². The van der Waals surface area contributed by atoms with E-state index in [0.717, 1.165) is 32.3 Å². The van der Waals surface area contributed by atoms with Crippen LogP contribution in [-0.2, 0) is 4.74 Å². The molecule has 0 aliphatic heterocycles. The number of hydrogen-bond acceptors (Lipinski definition) is 3. The summed E-state index contributed by atoms with van der Waals surface area (Å²) in [5.41, 5.74) is 0.143. The summed E-state index contributed by atoms with van der Waals surface area (Å²) in [6.45, 7) is 10.5. The smallest absolute Gasteiger partial charge is 0.0897 e. The molecule has 0 radical (unpaired) electrons. The van der Waals surface area contributed by atoms with Gasteiger partial charge in [-0.05, 0) is 26.2 Å². The molecule has 0 bridgehead atoms. The molecule has 3 heteroatoms. The second-order valence-electron chi connectivity index (χ2n) is 4.73. The minimum atomic E-state index is -0.394. The van der Waals surface area contributed by atoms with Crippen molar-refractivity contribution in [3.05, 3.63) is 0 Å². The van der Waals surface area contributed by atoms with Gasteiger partial charge in [0.05, 0.1) is 12.7 Å². The first kappa shape index (κ1) is 15.9. The Morgan fingerprint density at radius 1 is 1.25 bits per heavy atom. The Balaban J connectivity index is 3.59. The molecule has 0 heterocycles. The highest BCUT2D eigenvalue weighted by atomic mass is 16.5. The standard InChI is InChI=1S/C13H29NO2/c1-5-8-9-16-11-12(15)10-14-13(4,6-2)7-3/h12,14-15H,5-11H2,1-4H3. The first-order chi connectivity index (χ1) is 7.58. The van der Waals surface area contributed by atoms with Gasteiger partial charge < -0.3 is 15.2 Å². The van der Waals surface area contributed by atoms with E-state index in [9.17, 15) is 5.11 Å². The fourth-order valence-electron chi connectivity index (χ4n) is 1.39. The van der Waals surface area contributed by atoms with E-state index in [4.69, 9.17) is 4.74 Å². The Morgan fingerprint density at radius 2 is 1.88 bits per heavy atom. The zero-order valence-corrected chi connectivity index (χ0v) is 11.4. The van der Waals surface area contributed by atoms with Crippen molar-refractivity contribution in [2.75, 3.05) is 19.8 Å². The van der Waals surface area contributed by atoms with Crippen molar-refractivity contribution in [2.45, 2.75) is 65.0 Å². The molecule has 0 aromatic rings. The van der Waals surface area contributed by atoms with Gasteiger partial charge in [0, 0.05) is 18.7 Å². The summed E-state index contributed by atoms with van der Waals surface area (Å²) in [5, 5.41) is 13.1. The minimum absolute atomic E-state index is 0.143. The lowest BCUT2D eigenvalue weighted by Crippen LogP contribution is -2.45. The molecule has 0 aromatic heterocycles. The average molecular weight is 231 g/mol. The molecule has 2 N–H and O–H groups in total. The van der Waals surface area contributed by atoms with Crippen molar-refractivity contribution in [1.82, 2.24) is 5.32 Å². The highest BCUT2D eigenvalue weighted by Gasteiger charge is 2.19. The number of aliphatic hydroxyl groups is 1. The topological polar surface area (TPSA) is 41.5 Å². The van der Waals surface area contributed by atoms with Gasteiger partial charge in [-0.15, -0.1) is 0 Å². The number of β-amino-alcohol motifs (C(OH)–C–C–N with tert-alkyl or cyclic N) is 1. The lowest BCUT2D eigenvalue weighted by Gasteiger charge is -2.29. The lowest BCUT2D eigenvalue weighted by molar-refractivity contribution is 0.0317. The predicted molar refractivity (Wildman–Crippen MR) is 68.7 cm³/mol. The molecule has 0 rings (SSSR count). The molecular formula is C13H29NO2. The highest BCUT2D eigenvalue weighted by Crippen LogP contribution is 2.13. The molecule has 16 heavy (non-hydrogen) atoms. The summed E-state index contributed by atoms with van der Waals surface area (Å²) >= 11 is 0. The number of unbranched alkanes of at least 4 members (excludes halogenated alkanes) is 1. The van der Waals surface area contributed by atoms with E-state index in [-0.39, 0.29) is 5.54 Å². The van der Waals surface area contributed by atoms with Gasteiger partial charge >= 0.3 is 0 Å². The Hall–Kier alpha value is -0.120. The van der Waals surface area contributed by atoms with Crippen molar-refractivity contribution in [3.63, 3.8) is 0 Å². The normalized spacial score (nSPS) is 14.1. The second kappa shape index (κ2) is 8.97. The van der Waals surface area contributed by atoms with Crippen molar-refractivity contribution < 1.29 is 9.84 Å². The van der Waals surface area contributed by atoms with Crippen LogP contribution >= 0.6 is 0 Å². The van der Waals surface area contributed by atoms with Crippen LogP contribution in [0, 0.1) is 0 Å². The number of nitrogens with one attached hydrogen (secondary N) is 1. The fraction of sp³-hybridized carbons (Fsp3) is 1.00. The van der Waals surface area contributed by atoms with Gasteiger partial charge in [0.2, 0.25) is 0 Å². The van der Waals surface area contributed by atoms with Gasteiger partial charge in [-0.2, -0.15) is 0 Å². The third kappa shape index (κ3) is 7.20. The van der Waals surface area contributed by atoms with Crippen molar-refractivity contribution >= 4 is 0 Å². The summed E-state index contributed by atoms with van der Waals surface area (Å²) in [6, 6.07) is 0. The van der Waals surface area contributed by atoms with Crippen LogP contribution < -0.4 is 5.32 Å². The first-order valence-electron chi connectivity index (χ1n) is 6.58. The maximum Gasteiger partial charge on any atom is 0.0897 e. The molecule has 0 aliphatic carbocycles. The Labute approximate surface area is 101 Å². The quantitative estimate of drug-likeness (QED) is 0.567. The monoisotopic (exact) mass is 231 g/mol. The number of hydrogen-bond donors (Lipinski definition) is 2. The largest absolute Gasteiger partial charge is 0.389 e. The molecule has 0 amide bonds. The van der Waals surface area contributed by atoms with Crippen LogP contribution in [0.3, 0.4) is 0 Å². The Morgan fingerprint density at radius 3 is 2.38 bits per heavy atom. The molecule has 0 spiro atoms. The Bertz CT molecular complexity index is 158. The third-order valence-corrected chi connectivity index (χ3v) is 3.28. The van der Waals surface area contributed by atoms with Crippen molar-refractivity contribution in [2.24, 2.45) is 0 Å². The van der Waals surface area contributed by atoms with E-state index in [1.54, 1.807) is 0 Å². The fourth-order valence-corrected chi connectivity index (χ4v) is 1.39. The Kier molecular flexibility index (Phi) is 8.90.